The van der Waals surface area contributed by atoms with Crippen molar-refractivity contribution in [3.63, 3.8) is 0 Å². The molecule has 0 saturated carbocycles. The minimum atomic E-state index is -0.178. The van der Waals surface area contributed by atoms with E-state index in [1.54, 1.807) is 12.1 Å². The number of fused-ring (bicyclic) bond motifs is 1. The first-order chi connectivity index (χ1) is 13.5. The minimum Gasteiger partial charge on any atom is -0.353 e. The van der Waals surface area contributed by atoms with Crippen LogP contribution in [0.1, 0.15) is 50.8 Å². The van der Waals surface area contributed by atoms with Gasteiger partial charge in [0.1, 0.15) is 11.6 Å². The lowest BCUT2D eigenvalue weighted by Gasteiger charge is -2.43. The summed E-state index contributed by atoms with van der Waals surface area (Å²) in [5.41, 5.74) is 5.00. The highest BCUT2D eigenvalue weighted by molar-refractivity contribution is 5.72. The third-order valence-corrected chi connectivity index (χ3v) is 6.63. The summed E-state index contributed by atoms with van der Waals surface area (Å²) in [6.45, 7) is 6.57. The maximum atomic E-state index is 13.5. The van der Waals surface area contributed by atoms with Crippen molar-refractivity contribution in [2.24, 2.45) is 0 Å². The van der Waals surface area contributed by atoms with Crippen molar-refractivity contribution in [2.75, 3.05) is 25.0 Å². The number of hydrogen-bond acceptors (Lipinski definition) is 3. The Bertz CT molecular complexity index is 805. The predicted octanol–water partition coefficient (Wildman–Crippen LogP) is 5.08. The fourth-order valence-electron chi connectivity index (χ4n) is 4.68. The number of aromatic nitrogens is 1. The smallest absolute Gasteiger partial charge is 0.129 e. The third-order valence-electron chi connectivity index (χ3n) is 6.63. The summed E-state index contributed by atoms with van der Waals surface area (Å²) >= 11 is 0. The van der Waals surface area contributed by atoms with Crippen LogP contribution in [0.5, 0.6) is 0 Å². The maximum absolute atomic E-state index is 13.5. The second-order valence-corrected chi connectivity index (χ2v) is 8.64. The van der Waals surface area contributed by atoms with Crippen molar-refractivity contribution in [3.8, 4) is 11.1 Å². The lowest BCUT2D eigenvalue weighted by atomic mass is 9.90. The molecule has 1 aromatic heterocycles. The molecule has 0 radical (unpaired) electrons. The first-order valence-electron chi connectivity index (χ1n) is 10.8. The highest BCUT2D eigenvalue weighted by atomic mass is 19.1. The second-order valence-electron chi connectivity index (χ2n) is 8.64. The molecule has 0 N–H and O–H groups in total. The van der Waals surface area contributed by atoms with E-state index in [4.69, 9.17) is 4.98 Å². The van der Waals surface area contributed by atoms with E-state index in [9.17, 15) is 4.39 Å². The molecule has 2 unspecified atom stereocenters. The van der Waals surface area contributed by atoms with Crippen molar-refractivity contribution >= 4 is 5.82 Å². The molecule has 1 saturated heterocycles. The fraction of sp³-hybridized carbons (Fsp3) is 0.542. The van der Waals surface area contributed by atoms with E-state index < -0.39 is 0 Å². The number of halogens is 1. The van der Waals surface area contributed by atoms with Gasteiger partial charge < -0.3 is 4.90 Å². The number of anilines is 1. The first kappa shape index (κ1) is 19.4. The van der Waals surface area contributed by atoms with Gasteiger partial charge in [-0.15, -0.1) is 0 Å². The van der Waals surface area contributed by atoms with Crippen LogP contribution in [0.25, 0.3) is 11.1 Å². The predicted molar refractivity (Wildman–Crippen MR) is 114 cm³/mol. The highest BCUT2D eigenvalue weighted by Gasteiger charge is 2.28. The zero-order valence-corrected chi connectivity index (χ0v) is 17.4. The lowest BCUT2D eigenvalue weighted by molar-refractivity contribution is 0.169. The Kier molecular flexibility index (Phi) is 5.68. The van der Waals surface area contributed by atoms with Crippen LogP contribution in [0.15, 0.2) is 30.3 Å². The van der Waals surface area contributed by atoms with Crippen LogP contribution < -0.4 is 4.90 Å². The van der Waals surface area contributed by atoms with Crippen molar-refractivity contribution in [1.29, 1.82) is 0 Å². The zero-order valence-electron chi connectivity index (χ0n) is 17.4. The maximum Gasteiger partial charge on any atom is 0.129 e. The molecule has 1 aliphatic carbocycles. The van der Waals surface area contributed by atoms with Crippen molar-refractivity contribution in [3.05, 3.63) is 47.4 Å². The molecule has 28 heavy (non-hydrogen) atoms. The van der Waals surface area contributed by atoms with Crippen LogP contribution in [0, 0.1) is 5.82 Å². The molecule has 0 bridgehead atoms. The molecular formula is C24H32FN3. The van der Waals surface area contributed by atoms with Crippen LogP contribution in [-0.4, -0.2) is 42.1 Å². The molecule has 0 amide bonds. The van der Waals surface area contributed by atoms with Crippen LogP contribution in [0.3, 0.4) is 0 Å². The van der Waals surface area contributed by atoms with E-state index in [1.165, 1.54) is 42.5 Å². The minimum absolute atomic E-state index is 0.178. The highest BCUT2D eigenvalue weighted by Crippen LogP contribution is 2.34. The Hall–Kier alpha value is -1.94. The Morgan fingerprint density at radius 3 is 2.25 bits per heavy atom. The van der Waals surface area contributed by atoms with E-state index >= 15 is 0 Å². The molecular weight excluding hydrogens is 349 g/mol. The number of benzene rings is 1. The topological polar surface area (TPSA) is 19.4 Å². The van der Waals surface area contributed by atoms with E-state index in [0.29, 0.717) is 12.1 Å². The number of aryl methyl sites for hydroxylation is 1. The molecule has 2 aliphatic rings. The van der Waals surface area contributed by atoms with Crippen molar-refractivity contribution in [2.45, 2.75) is 64.5 Å². The molecule has 3 nitrogen and oxygen atoms in total. The quantitative estimate of drug-likeness (QED) is 0.723. The summed E-state index contributed by atoms with van der Waals surface area (Å²) in [5.74, 6) is 0.910. The van der Waals surface area contributed by atoms with E-state index in [-0.39, 0.29) is 5.82 Å². The Morgan fingerprint density at radius 1 is 0.929 bits per heavy atom. The Balaban J connectivity index is 1.78. The van der Waals surface area contributed by atoms with Gasteiger partial charge in [0.2, 0.25) is 0 Å². The molecule has 4 rings (SSSR count). The first-order valence-corrected chi connectivity index (χ1v) is 10.8. The van der Waals surface area contributed by atoms with Gasteiger partial charge in [0.25, 0.3) is 0 Å². The number of rotatable bonds is 2. The van der Waals surface area contributed by atoms with Crippen LogP contribution >= 0.6 is 0 Å². The van der Waals surface area contributed by atoms with Gasteiger partial charge in [-0.25, -0.2) is 9.37 Å². The van der Waals surface area contributed by atoms with Crippen LogP contribution in [0.2, 0.25) is 0 Å². The van der Waals surface area contributed by atoms with Gasteiger partial charge in [-0.05, 0) is 81.5 Å². The molecule has 2 aromatic rings. The van der Waals surface area contributed by atoms with E-state index in [2.05, 4.69) is 36.8 Å². The normalized spacial score (nSPS) is 23.8. The zero-order chi connectivity index (χ0) is 19.7. The molecule has 2 atom stereocenters. The SMILES string of the molecule is CC1CN(c2cc(-c3ccc(F)cc3)c3c(n2)CCCCCC3)CC(C)N1C. The number of piperazine rings is 1. The molecule has 1 fully saturated rings. The summed E-state index contributed by atoms with van der Waals surface area (Å²) in [6, 6.07) is 10.3. The molecule has 0 spiro atoms. The number of nitrogens with zero attached hydrogens (tertiary/aromatic N) is 3. The average molecular weight is 382 g/mol. The van der Waals surface area contributed by atoms with Gasteiger partial charge in [-0.1, -0.05) is 25.0 Å². The van der Waals surface area contributed by atoms with Gasteiger partial charge in [-0.3, -0.25) is 4.90 Å². The van der Waals surface area contributed by atoms with Gasteiger partial charge in [-0.2, -0.15) is 0 Å². The molecule has 1 aliphatic heterocycles. The largest absolute Gasteiger partial charge is 0.353 e. The Labute approximate surface area is 168 Å². The average Bonchev–Trinajstić information content (AvgIpc) is 2.66. The third kappa shape index (κ3) is 3.93. The summed E-state index contributed by atoms with van der Waals surface area (Å²) < 4.78 is 13.5. The monoisotopic (exact) mass is 381 g/mol. The van der Waals surface area contributed by atoms with Gasteiger partial charge >= 0.3 is 0 Å². The van der Waals surface area contributed by atoms with Gasteiger partial charge in [0, 0.05) is 30.9 Å². The number of likely N-dealkylation sites (N-methyl/N-ethyl adjacent to an activating group) is 1. The van der Waals surface area contributed by atoms with Crippen LogP contribution in [0.4, 0.5) is 10.2 Å². The molecule has 4 heteroatoms. The van der Waals surface area contributed by atoms with E-state index in [0.717, 1.165) is 37.3 Å². The molecule has 150 valence electrons. The Morgan fingerprint density at radius 2 is 1.57 bits per heavy atom. The number of hydrogen-bond donors (Lipinski definition) is 0. The fourth-order valence-corrected chi connectivity index (χ4v) is 4.68. The van der Waals surface area contributed by atoms with Gasteiger partial charge in [0.05, 0.1) is 0 Å². The molecule has 1 aromatic carbocycles. The summed E-state index contributed by atoms with van der Waals surface area (Å²) in [4.78, 5) is 10.1. The van der Waals surface area contributed by atoms with E-state index in [1.807, 2.05) is 12.1 Å². The second kappa shape index (κ2) is 8.20. The standard InChI is InChI=1S/C24H32FN3/c1-17-15-28(16-18(2)27(17)3)24-14-22(19-10-12-20(25)13-11-19)21-8-6-4-5-7-9-23(21)26-24/h10-14,17-18H,4-9,15-16H2,1-3H3. The summed E-state index contributed by atoms with van der Waals surface area (Å²) in [7, 11) is 2.21. The van der Waals surface area contributed by atoms with Crippen molar-refractivity contribution in [1.82, 2.24) is 9.88 Å². The van der Waals surface area contributed by atoms with Gasteiger partial charge in [0.15, 0.2) is 0 Å². The number of pyridine rings is 1. The molecule has 2 heterocycles. The summed E-state index contributed by atoms with van der Waals surface area (Å²) in [6.07, 6.45) is 7.13. The van der Waals surface area contributed by atoms with Crippen LogP contribution in [-0.2, 0) is 12.8 Å². The van der Waals surface area contributed by atoms with Crippen molar-refractivity contribution < 1.29 is 4.39 Å². The summed E-state index contributed by atoms with van der Waals surface area (Å²) in [5, 5.41) is 0. The lowest BCUT2D eigenvalue weighted by Crippen LogP contribution is -2.55.